The van der Waals surface area contributed by atoms with Crippen molar-refractivity contribution < 1.29 is 0 Å². The van der Waals surface area contributed by atoms with E-state index < -0.39 is 0 Å². The van der Waals surface area contributed by atoms with Gasteiger partial charge in [-0.15, -0.1) is 0 Å². The van der Waals surface area contributed by atoms with Gasteiger partial charge in [-0.2, -0.15) is 0 Å². The van der Waals surface area contributed by atoms with Crippen LogP contribution >= 0.6 is 0 Å². The first-order valence-corrected chi connectivity index (χ1v) is 6.88. The van der Waals surface area contributed by atoms with Crippen LogP contribution in [0.1, 0.15) is 52.9 Å². The van der Waals surface area contributed by atoms with Crippen LogP contribution in [0.2, 0.25) is 0 Å². The van der Waals surface area contributed by atoms with Crippen LogP contribution in [0, 0.1) is 23.7 Å². The molecule has 88 valence electrons. The lowest BCUT2D eigenvalue weighted by Crippen LogP contribution is -2.38. The fraction of sp³-hybridized carbons (Fsp3) is 1.00. The molecule has 3 unspecified atom stereocenters. The lowest BCUT2D eigenvalue weighted by atomic mass is 9.80. The smallest absolute Gasteiger partial charge is 0.00722 e. The predicted octanol–water partition coefficient (Wildman–Crippen LogP) is 3.45. The zero-order chi connectivity index (χ0) is 10.8. The van der Waals surface area contributed by atoms with Gasteiger partial charge in [0.05, 0.1) is 0 Å². The van der Waals surface area contributed by atoms with Gasteiger partial charge in [0.25, 0.3) is 0 Å². The minimum Gasteiger partial charge on any atom is -0.314 e. The molecule has 0 heterocycles. The Morgan fingerprint density at radius 1 is 1.07 bits per heavy atom. The molecule has 2 rings (SSSR count). The van der Waals surface area contributed by atoms with Crippen LogP contribution in [0.15, 0.2) is 0 Å². The molecule has 0 aliphatic heterocycles. The third-order valence-corrected chi connectivity index (χ3v) is 4.33. The normalized spacial score (nSPS) is 39.0. The van der Waals surface area contributed by atoms with E-state index in [0.29, 0.717) is 0 Å². The van der Waals surface area contributed by atoms with Gasteiger partial charge in [0.1, 0.15) is 0 Å². The zero-order valence-electron chi connectivity index (χ0n) is 10.6. The SMILES string of the molecule is CC1CC(C)CC(NCC(C)C2CC2)C1. The van der Waals surface area contributed by atoms with Crippen LogP contribution in [0.3, 0.4) is 0 Å². The first-order valence-electron chi connectivity index (χ1n) is 6.88. The van der Waals surface area contributed by atoms with Crippen molar-refractivity contribution in [3.05, 3.63) is 0 Å². The summed E-state index contributed by atoms with van der Waals surface area (Å²) in [6.45, 7) is 8.50. The molecule has 3 atom stereocenters. The van der Waals surface area contributed by atoms with Crippen molar-refractivity contribution in [1.29, 1.82) is 0 Å². The molecular formula is C14H27N. The maximum Gasteiger partial charge on any atom is 0.00722 e. The first kappa shape index (κ1) is 11.4. The molecule has 0 bridgehead atoms. The summed E-state index contributed by atoms with van der Waals surface area (Å²) in [6.07, 6.45) is 7.22. The second kappa shape index (κ2) is 4.86. The highest BCUT2D eigenvalue weighted by molar-refractivity contribution is 4.83. The standard InChI is InChI=1S/C14H27N/c1-10-6-11(2)8-14(7-10)15-9-12(3)13-4-5-13/h10-15H,4-9H2,1-3H3. The molecule has 1 heteroatoms. The van der Waals surface area contributed by atoms with E-state index in [1.54, 1.807) is 0 Å². The molecule has 0 saturated heterocycles. The van der Waals surface area contributed by atoms with E-state index in [2.05, 4.69) is 26.1 Å². The molecule has 0 spiro atoms. The molecule has 0 amide bonds. The molecule has 15 heavy (non-hydrogen) atoms. The summed E-state index contributed by atoms with van der Waals surface area (Å²) in [5.74, 6) is 3.83. The Hall–Kier alpha value is -0.0400. The first-order chi connectivity index (χ1) is 7.15. The Morgan fingerprint density at radius 3 is 2.20 bits per heavy atom. The summed E-state index contributed by atoms with van der Waals surface area (Å²) in [6, 6.07) is 0.810. The summed E-state index contributed by atoms with van der Waals surface area (Å²) >= 11 is 0. The molecule has 2 aliphatic rings. The van der Waals surface area contributed by atoms with E-state index in [1.165, 1.54) is 38.6 Å². The second-order valence-corrected chi connectivity index (χ2v) is 6.34. The van der Waals surface area contributed by atoms with Crippen LogP contribution in [-0.4, -0.2) is 12.6 Å². The van der Waals surface area contributed by atoms with E-state index in [-0.39, 0.29) is 0 Å². The van der Waals surface area contributed by atoms with Crippen LogP contribution in [0.25, 0.3) is 0 Å². The van der Waals surface area contributed by atoms with Crippen molar-refractivity contribution in [2.45, 2.75) is 58.9 Å². The molecule has 1 N–H and O–H groups in total. The summed E-state index contributed by atoms with van der Waals surface area (Å²) in [7, 11) is 0. The molecule has 0 radical (unpaired) electrons. The minimum atomic E-state index is 0.810. The molecule has 0 aromatic rings. The lowest BCUT2D eigenvalue weighted by molar-refractivity contribution is 0.231. The monoisotopic (exact) mass is 209 g/mol. The number of nitrogens with one attached hydrogen (secondary N) is 1. The fourth-order valence-electron chi connectivity index (χ4n) is 3.30. The Morgan fingerprint density at radius 2 is 1.67 bits per heavy atom. The van der Waals surface area contributed by atoms with Crippen molar-refractivity contribution in [3.63, 3.8) is 0 Å². The number of hydrogen-bond donors (Lipinski definition) is 1. The van der Waals surface area contributed by atoms with E-state index in [9.17, 15) is 0 Å². The van der Waals surface area contributed by atoms with Crippen LogP contribution in [0.4, 0.5) is 0 Å². The quantitative estimate of drug-likeness (QED) is 0.748. The molecular weight excluding hydrogens is 182 g/mol. The van der Waals surface area contributed by atoms with Gasteiger partial charge in [-0.1, -0.05) is 20.8 Å². The van der Waals surface area contributed by atoms with Crippen LogP contribution in [-0.2, 0) is 0 Å². The maximum absolute atomic E-state index is 3.80. The van der Waals surface area contributed by atoms with Gasteiger partial charge < -0.3 is 5.32 Å². The minimum absolute atomic E-state index is 0.810. The molecule has 2 fully saturated rings. The molecule has 1 nitrogen and oxygen atoms in total. The molecule has 2 saturated carbocycles. The highest BCUT2D eigenvalue weighted by Crippen LogP contribution is 2.36. The van der Waals surface area contributed by atoms with Crippen LogP contribution in [0.5, 0.6) is 0 Å². The third kappa shape index (κ3) is 3.48. The molecule has 2 aliphatic carbocycles. The molecule has 0 aromatic carbocycles. The van der Waals surface area contributed by atoms with E-state index >= 15 is 0 Å². The number of hydrogen-bond acceptors (Lipinski definition) is 1. The van der Waals surface area contributed by atoms with E-state index in [0.717, 1.165) is 29.7 Å². The predicted molar refractivity (Wildman–Crippen MR) is 65.9 cm³/mol. The van der Waals surface area contributed by atoms with Gasteiger partial charge in [-0.25, -0.2) is 0 Å². The average molecular weight is 209 g/mol. The lowest BCUT2D eigenvalue weighted by Gasteiger charge is -2.32. The van der Waals surface area contributed by atoms with Gasteiger partial charge >= 0.3 is 0 Å². The van der Waals surface area contributed by atoms with E-state index in [1.807, 2.05) is 0 Å². The van der Waals surface area contributed by atoms with Crippen molar-refractivity contribution in [2.24, 2.45) is 23.7 Å². The van der Waals surface area contributed by atoms with Crippen molar-refractivity contribution in [1.82, 2.24) is 5.32 Å². The number of rotatable bonds is 4. The fourth-order valence-corrected chi connectivity index (χ4v) is 3.30. The van der Waals surface area contributed by atoms with Gasteiger partial charge in [0.2, 0.25) is 0 Å². The van der Waals surface area contributed by atoms with Crippen molar-refractivity contribution >= 4 is 0 Å². The highest BCUT2D eigenvalue weighted by Gasteiger charge is 2.29. The summed E-state index contributed by atoms with van der Waals surface area (Å²) in [5, 5.41) is 3.80. The van der Waals surface area contributed by atoms with Gasteiger partial charge in [0.15, 0.2) is 0 Å². The van der Waals surface area contributed by atoms with Crippen LogP contribution < -0.4 is 5.32 Å². The zero-order valence-corrected chi connectivity index (χ0v) is 10.6. The summed E-state index contributed by atoms with van der Waals surface area (Å²) in [5.41, 5.74) is 0. The topological polar surface area (TPSA) is 12.0 Å². The van der Waals surface area contributed by atoms with E-state index in [4.69, 9.17) is 0 Å². The summed E-state index contributed by atoms with van der Waals surface area (Å²) < 4.78 is 0. The Bertz CT molecular complexity index is 188. The Balaban J connectivity index is 1.68. The Labute approximate surface area is 95.0 Å². The third-order valence-electron chi connectivity index (χ3n) is 4.33. The van der Waals surface area contributed by atoms with Crippen molar-refractivity contribution in [3.8, 4) is 0 Å². The molecule has 0 aromatic heterocycles. The highest BCUT2D eigenvalue weighted by atomic mass is 14.9. The van der Waals surface area contributed by atoms with Gasteiger partial charge in [-0.05, 0) is 62.3 Å². The average Bonchev–Trinajstić information content (AvgIpc) is 2.95. The van der Waals surface area contributed by atoms with Gasteiger partial charge in [0, 0.05) is 6.04 Å². The van der Waals surface area contributed by atoms with Crippen molar-refractivity contribution in [2.75, 3.05) is 6.54 Å². The van der Waals surface area contributed by atoms with Gasteiger partial charge in [-0.3, -0.25) is 0 Å². The largest absolute Gasteiger partial charge is 0.314 e. The summed E-state index contributed by atoms with van der Waals surface area (Å²) in [4.78, 5) is 0. The maximum atomic E-state index is 3.80. The second-order valence-electron chi connectivity index (χ2n) is 6.34. The Kier molecular flexibility index (Phi) is 3.71.